The van der Waals surface area contributed by atoms with Gasteiger partial charge >= 0.3 is 0 Å². The highest BCUT2D eigenvalue weighted by Crippen LogP contribution is 2.25. The van der Waals surface area contributed by atoms with Crippen LogP contribution >= 0.6 is 0 Å². The van der Waals surface area contributed by atoms with Gasteiger partial charge in [0.2, 0.25) is 5.91 Å². The number of piperidine rings is 1. The molecule has 0 radical (unpaired) electrons. The molecule has 1 unspecified atom stereocenters. The average molecular weight is 304 g/mol. The summed E-state index contributed by atoms with van der Waals surface area (Å²) in [4.78, 5) is 16.4. The number of rotatable bonds is 5. The molecule has 1 aliphatic heterocycles. The van der Waals surface area contributed by atoms with Crippen LogP contribution in [0.5, 0.6) is 0 Å². The number of hydrogen-bond acceptors (Lipinski definition) is 3. The Morgan fingerprint density at radius 1 is 1.27 bits per heavy atom. The fourth-order valence-electron chi connectivity index (χ4n) is 3.21. The Bertz CT molecular complexity index is 479. The average Bonchev–Trinajstić information content (AvgIpc) is 2.47. The van der Waals surface area contributed by atoms with Gasteiger partial charge in [-0.05, 0) is 38.4 Å². The molecule has 0 aliphatic carbocycles. The van der Waals surface area contributed by atoms with Crippen LogP contribution in [-0.4, -0.2) is 60.1 Å². The van der Waals surface area contributed by atoms with Crippen molar-refractivity contribution in [3.05, 3.63) is 35.9 Å². The number of aliphatic hydroxyl groups is 1. The van der Waals surface area contributed by atoms with Crippen molar-refractivity contribution in [1.29, 1.82) is 0 Å². The summed E-state index contributed by atoms with van der Waals surface area (Å²) in [6.07, 6.45) is 1.86. The number of carbonyl (C=O) groups is 1. The summed E-state index contributed by atoms with van der Waals surface area (Å²) in [7, 11) is 3.94. The summed E-state index contributed by atoms with van der Waals surface area (Å²) >= 11 is 0. The highest BCUT2D eigenvalue weighted by Gasteiger charge is 2.34. The van der Waals surface area contributed by atoms with Crippen LogP contribution in [0.15, 0.2) is 30.3 Å². The van der Waals surface area contributed by atoms with Gasteiger partial charge in [0.15, 0.2) is 0 Å². The molecule has 1 N–H and O–H groups in total. The molecule has 1 heterocycles. The van der Waals surface area contributed by atoms with Gasteiger partial charge in [0.25, 0.3) is 0 Å². The van der Waals surface area contributed by atoms with E-state index in [2.05, 4.69) is 19.1 Å². The molecule has 122 valence electrons. The number of nitrogens with zero attached hydrogens (tertiary/aromatic N) is 2. The van der Waals surface area contributed by atoms with Crippen molar-refractivity contribution in [2.24, 2.45) is 0 Å². The molecule has 1 saturated heterocycles. The van der Waals surface area contributed by atoms with Gasteiger partial charge < -0.3 is 14.9 Å². The van der Waals surface area contributed by atoms with E-state index in [0.717, 1.165) is 0 Å². The third kappa shape index (κ3) is 4.55. The second kappa shape index (κ2) is 7.25. The Balaban J connectivity index is 1.85. The van der Waals surface area contributed by atoms with E-state index < -0.39 is 5.60 Å². The van der Waals surface area contributed by atoms with Crippen LogP contribution in [0.4, 0.5) is 0 Å². The van der Waals surface area contributed by atoms with Crippen LogP contribution in [0.3, 0.4) is 0 Å². The minimum Gasteiger partial charge on any atom is -0.388 e. The minimum atomic E-state index is -0.647. The molecule has 1 fully saturated rings. The van der Waals surface area contributed by atoms with E-state index in [1.807, 2.05) is 42.1 Å². The minimum absolute atomic E-state index is 0.197. The lowest BCUT2D eigenvalue weighted by Crippen LogP contribution is -2.51. The zero-order chi connectivity index (χ0) is 16.2. The predicted octanol–water partition coefficient (Wildman–Crippen LogP) is 2.10. The van der Waals surface area contributed by atoms with Gasteiger partial charge in [-0.3, -0.25) is 4.79 Å². The number of likely N-dealkylation sites (N-methyl/N-ethyl adjacent to an activating group) is 1. The van der Waals surface area contributed by atoms with Crippen molar-refractivity contribution in [2.75, 3.05) is 33.7 Å². The number of amides is 1. The van der Waals surface area contributed by atoms with E-state index >= 15 is 0 Å². The highest BCUT2D eigenvalue weighted by molar-refractivity contribution is 5.77. The first-order valence-electron chi connectivity index (χ1n) is 8.09. The standard InChI is InChI=1S/C18H28N2O2/c1-15(16-7-5-4-6-8-16)13-17(21)20-11-9-18(22,10-12-20)14-19(2)3/h4-8,15,22H,9-14H2,1-3H3. The number of benzene rings is 1. The van der Waals surface area contributed by atoms with E-state index in [1.54, 1.807) is 0 Å². The second-order valence-electron chi connectivity index (χ2n) is 6.86. The van der Waals surface area contributed by atoms with E-state index in [4.69, 9.17) is 0 Å². The number of carbonyl (C=O) groups excluding carboxylic acids is 1. The molecule has 4 heteroatoms. The summed E-state index contributed by atoms with van der Waals surface area (Å²) in [6, 6.07) is 10.2. The van der Waals surface area contributed by atoms with Crippen molar-refractivity contribution in [3.8, 4) is 0 Å². The Kier molecular flexibility index (Phi) is 5.59. The van der Waals surface area contributed by atoms with Crippen molar-refractivity contribution >= 4 is 5.91 Å². The summed E-state index contributed by atoms with van der Waals surface area (Å²) in [6.45, 7) is 4.07. The molecule has 0 saturated carbocycles. The SMILES string of the molecule is CC(CC(=O)N1CCC(O)(CN(C)C)CC1)c1ccccc1. The van der Waals surface area contributed by atoms with Gasteiger partial charge in [-0.1, -0.05) is 37.3 Å². The first-order valence-corrected chi connectivity index (χ1v) is 8.09. The number of hydrogen-bond donors (Lipinski definition) is 1. The topological polar surface area (TPSA) is 43.8 Å². The van der Waals surface area contributed by atoms with E-state index in [-0.39, 0.29) is 11.8 Å². The maximum Gasteiger partial charge on any atom is 0.223 e. The largest absolute Gasteiger partial charge is 0.388 e. The van der Waals surface area contributed by atoms with Crippen LogP contribution in [0, 0.1) is 0 Å². The Morgan fingerprint density at radius 3 is 2.41 bits per heavy atom. The molecule has 2 rings (SSSR count). The molecule has 0 bridgehead atoms. The van der Waals surface area contributed by atoms with Gasteiger partial charge in [0, 0.05) is 26.1 Å². The first kappa shape index (κ1) is 17.0. The Morgan fingerprint density at radius 2 is 1.86 bits per heavy atom. The van der Waals surface area contributed by atoms with Gasteiger partial charge in [-0.25, -0.2) is 0 Å². The molecule has 0 spiro atoms. The van der Waals surface area contributed by atoms with Crippen LogP contribution in [0.2, 0.25) is 0 Å². The van der Waals surface area contributed by atoms with E-state index in [0.29, 0.717) is 38.9 Å². The molecule has 4 nitrogen and oxygen atoms in total. The van der Waals surface area contributed by atoms with Gasteiger partial charge in [-0.15, -0.1) is 0 Å². The molecule has 1 aromatic rings. The fourth-order valence-corrected chi connectivity index (χ4v) is 3.21. The second-order valence-corrected chi connectivity index (χ2v) is 6.86. The lowest BCUT2D eigenvalue weighted by atomic mass is 9.90. The van der Waals surface area contributed by atoms with Gasteiger partial charge in [0.05, 0.1) is 5.60 Å². The molecule has 1 aromatic carbocycles. The van der Waals surface area contributed by atoms with Gasteiger partial charge in [-0.2, -0.15) is 0 Å². The highest BCUT2D eigenvalue weighted by atomic mass is 16.3. The van der Waals surface area contributed by atoms with E-state index in [9.17, 15) is 9.90 Å². The third-order valence-corrected chi connectivity index (χ3v) is 4.51. The van der Waals surface area contributed by atoms with E-state index in [1.165, 1.54) is 5.56 Å². The zero-order valence-electron chi connectivity index (χ0n) is 14.0. The summed E-state index contributed by atoms with van der Waals surface area (Å²) in [5.74, 6) is 0.430. The lowest BCUT2D eigenvalue weighted by Gasteiger charge is -2.39. The Hall–Kier alpha value is -1.39. The molecule has 1 amide bonds. The summed E-state index contributed by atoms with van der Waals surface area (Å²) < 4.78 is 0. The van der Waals surface area contributed by atoms with Crippen molar-refractivity contribution in [1.82, 2.24) is 9.80 Å². The quantitative estimate of drug-likeness (QED) is 0.906. The maximum absolute atomic E-state index is 12.4. The van der Waals surface area contributed by atoms with Crippen LogP contribution in [-0.2, 0) is 4.79 Å². The van der Waals surface area contributed by atoms with Crippen molar-refractivity contribution in [3.63, 3.8) is 0 Å². The Labute approximate surface area is 133 Å². The maximum atomic E-state index is 12.4. The monoisotopic (exact) mass is 304 g/mol. The number of likely N-dealkylation sites (tertiary alicyclic amines) is 1. The molecular weight excluding hydrogens is 276 g/mol. The first-order chi connectivity index (χ1) is 10.4. The summed E-state index contributed by atoms with van der Waals surface area (Å²) in [5.41, 5.74) is 0.558. The molecular formula is C18H28N2O2. The van der Waals surface area contributed by atoms with Gasteiger partial charge in [0.1, 0.15) is 0 Å². The fraction of sp³-hybridized carbons (Fsp3) is 0.611. The molecule has 22 heavy (non-hydrogen) atoms. The summed E-state index contributed by atoms with van der Waals surface area (Å²) in [5, 5.41) is 10.5. The predicted molar refractivity (Wildman–Crippen MR) is 88.8 cm³/mol. The third-order valence-electron chi connectivity index (χ3n) is 4.51. The lowest BCUT2D eigenvalue weighted by molar-refractivity contribution is -0.136. The van der Waals surface area contributed by atoms with Crippen molar-refractivity contribution < 1.29 is 9.90 Å². The molecule has 1 aliphatic rings. The van der Waals surface area contributed by atoms with Crippen LogP contribution < -0.4 is 0 Å². The van der Waals surface area contributed by atoms with Crippen molar-refractivity contribution in [2.45, 2.75) is 37.7 Å². The normalized spacial score (nSPS) is 19.2. The molecule has 1 atom stereocenters. The molecule has 0 aromatic heterocycles. The zero-order valence-corrected chi connectivity index (χ0v) is 14.0. The smallest absolute Gasteiger partial charge is 0.223 e. The van der Waals surface area contributed by atoms with Crippen LogP contribution in [0.25, 0.3) is 0 Å². The van der Waals surface area contributed by atoms with Crippen LogP contribution in [0.1, 0.15) is 37.7 Å².